The highest BCUT2D eigenvalue weighted by molar-refractivity contribution is 6.42. The number of pyridine rings is 1. The summed E-state index contributed by atoms with van der Waals surface area (Å²) in [7, 11) is 1.25. The van der Waals surface area contributed by atoms with Crippen LogP contribution in [0.4, 0.5) is 0 Å². The zero-order valence-corrected chi connectivity index (χ0v) is 21.7. The van der Waals surface area contributed by atoms with Crippen molar-refractivity contribution < 1.29 is 38.7 Å². The summed E-state index contributed by atoms with van der Waals surface area (Å²) in [5.74, 6) is -2.25. The van der Waals surface area contributed by atoms with Gasteiger partial charge in [-0.2, -0.15) is 4.98 Å². The van der Waals surface area contributed by atoms with Crippen LogP contribution in [0.25, 0.3) is 0 Å². The van der Waals surface area contributed by atoms with Gasteiger partial charge >= 0.3 is 5.97 Å². The molecule has 1 aliphatic rings. The molecule has 0 aliphatic carbocycles. The van der Waals surface area contributed by atoms with Gasteiger partial charge < -0.3 is 33.9 Å². The summed E-state index contributed by atoms with van der Waals surface area (Å²) in [4.78, 5) is 14.5. The van der Waals surface area contributed by atoms with Crippen LogP contribution in [0.5, 0.6) is 5.88 Å². The van der Waals surface area contributed by atoms with Gasteiger partial charge in [0, 0.05) is 0 Å². The minimum Gasteiger partial charge on any atom is -0.466 e. The van der Waals surface area contributed by atoms with Gasteiger partial charge in [0.05, 0.1) is 18.7 Å². The Kier molecular flexibility index (Phi) is 12.6. The lowest BCUT2D eigenvalue weighted by Gasteiger charge is -2.22. The van der Waals surface area contributed by atoms with Gasteiger partial charge in [0.15, 0.2) is 29.6 Å². The van der Waals surface area contributed by atoms with E-state index in [0.717, 1.165) is 0 Å². The highest BCUT2D eigenvalue weighted by atomic mass is 35.5. The Hall–Kier alpha value is -0.910. The maximum absolute atomic E-state index is 10.8. The van der Waals surface area contributed by atoms with Gasteiger partial charge in [-0.25, -0.2) is 4.79 Å². The Morgan fingerprint density at radius 3 is 2.48 bits per heavy atom. The average Bonchev–Trinajstić information content (AvgIpc) is 3.07. The molecular formula is C21H32Cl3NO8. The summed E-state index contributed by atoms with van der Waals surface area (Å²) in [6.07, 6.45) is 1.41. The van der Waals surface area contributed by atoms with Crippen LogP contribution in [0.1, 0.15) is 53.4 Å². The number of aliphatic hydroxyl groups excluding tert-OH is 1. The van der Waals surface area contributed by atoms with Crippen LogP contribution >= 0.6 is 34.8 Å². The van der Waals surface area contributed by atoms with Crippen LogP contribution in [0.2, 0.25) is 15.2 Å². The molecule has 0 aromatic carbocycles. The molecule has 12 heteroatoms. The van der Waals surface area contributed by atoms with E-state index in [4.69, 9.17) is 53.8 Å². The topological polar surface area (TPSA) is 117 Å². The van der Waals surface area contributed by atoms with Crippen LogP contribution in [-0.4, -0.2) is 65.5 Å². The second kappa shape index (κ2) is 13.8. The van der Waals surface area contributed by atoms with E-state index in [2.05, 4.69) is 9.72 Å². The molecule has 0 amide bonds. The van der Waals surface area contributed by atoms with E-state index in [1.807, 2.05) is 20.8 Å². The summed E-state index contributed by atoms with van der Waals surface area (Å²) in [5.41, 5.74) is 0. The van der Waals surface area contributed by atoms with Crippen molar-refractivity contribution in [2.24, 2.45) is 0 Å². The molecule has 4 unspecified atom stereocenters. The number of nitrogens with zero attached hydrogens (tertiary/aromatic N) is 1. The molecule has 0 bridgehead atoms. The first-order valence-corrected chi connectivity index (χ1v) is 11.6. The lowest BCUT2D eigenvalue weighted by molar-refractivity contribution is -0.194. The van der Waals surface area contributed by atoms with Gasteiger partial charge in [-0.05, 0) is 45.6 Å². The molecular weight excluding hydrogens is 501 g/mol. The maximum Gasteiger partial charge on any atom is 0.343 e. The van der Waals surface area contributed by atoms with Gasteiger partial charge in [0.2, 0.25) is 5.88 Å². The number of carbonyl (C=O) groups is 1. The molecule has 0 radical (unpaired) electrons. The minimum atomic E-state index is -1.07. The molecule has 9 nitrogen and oxygen atoms in total. The summed E-state index contributed by atoms with van der Waals surface area (Å²) >= 11 is 17.0. The molecule has 2 N–H and O–H groups in total. The Balaban J connectivity index is 0.000000335. The summed E-state index contributed by atoms with van der Waals surface area (Å²) in [6.45, 7) is 7.44. The van der Waals surface area contributed by atoms with Gasteiger partial charge in [0.25, 0.3) is 0 Å². The second-order valence-electron chi connectivity index (χ2n) is 7.58. The number of ether oxygens (including phenoxy) is 5. The lowest BCUT2D eigenvalue weighted by atomic mass is 10.2. The fourth-order valence-electron chi connectivity index (χ4n) is 2.50. The number of halogens is 3. The van der Waals surface area contributed by atoms with E-state index >= 15 is 0 Å². The fraction of sp³-hybridized carbons (Fsp3) is 0.714. The molecule has 1 aliphatic heterocycles. The Bertz CT molecular complexity index is 767. The van der Waals surface area contributed by atoms with E-state index < -0.39 is 23.8 Å². The van der Waals surface area contributed by atoms with Crippen molar-refractivity contribution in [2.45, 2.75) is 77.3 Å². The number of rotatable bonds is 10. The van der Waals surface area contributed by atoms with Gasteiger partial charge in [0.1, 0.15) is 11.1 Å². The van der Waals surface area contributed by atoms with Crippen molar-refractivity contribution in [1.82, 2.24) is 4.98 Å². The predicted octanol–water partition coefficient (Wildman–Crippen LogP) is 4.36. The van der Waals surface area contributed by atoms with Gasteiger partial charge in [-0.1, -0.05) is 48.7 Å². The largest absolute Gasteiger partial charge is 0.466 e. The monoisotopic (exact) mass is 531 g/mol. The molecule has 4 atom stereocenters. The number of aromatic nitrogens is 1. The first kappa shape index (κ1) is 30.1. The van der Waals surface area contributed by atoms with Crippen LogP contribution in [0.3, 0.4) is 0 Å². The molecule has 1 aromatic heterocycles. The Morgan fingerprint density at radius 2 is 1.94 bits per heavy atom. The lowest BCUT2D eigenvalue weighted by Crippen LogP contribution is -2.28. The zero-order chi connectivity index (χ0) is 25.2. The van der Waals surface area contributed by atoms with E-state index in [1.54, 1.807) is 6.92 Å². The van der Waals surface area contributed by atoms with Crippen molar-refractivity contribution in [1.29, 1.82) is 0 Å². The van der Waals surface area contributed by atoms with Gasteiger partial charge in [-0.3, -0.25) is 0 Å². The summed E-state index contributed by atoms with van der Waals surface area (Å²) in [5, 5.41) is 19.8. The normalized spacial score (nSPS) is 23.9. The molecule has 2 heterocycles. The van der Waals surface area contributed by atoms with E-state index in [1.165, 1.54) is 13.2 Å². The SMILES string of the molecule is CCC(C)(O)OCCCC1OC(C)(CC)OC1O.COC(=O)COc1nc(Cl)c(Cl)cc1Cl. The van der Waals surface area contributed by atoms with Crippen molar-refractivity contribution in [2.75, 3.05) is 20.3 Å². The van der Waals surface area contributed by atoms with Crippen molar-refractivity contribution in [3.63, 3.8) is 0 Å². The van der Waals surface area contributed by atoms with E-state index in [9.17, 15) is 15.0 Å². The average molecular weight is 533 g/mol. The number of hydrogen-bond acceptors (Lipinski definition) is 9. The molecule has 1 aromatic rings. The number of carbonyl (C=O) groups excluding carboxylic acids is 1. The standard InChI is InChI=1S/C13H26O5.C8H6Cl3NO3/c1-5-12(3,15)16-9-7-8-10-11(14)18-13(4,6-2)17-10;1-14-6(13)3-15-8-5(10)2-4(9)7(11)12-8/h10-11,14-15H,5-9H2,1-4H3;2H,3H2,1H3. The third-order valence-electron chi connectivity index (χ3n) is 4.84. The zero-order valence-electron chi connectivity index (χ0n) is 19.4. The van der Waals surface area contributed by atoms with E-state index in [0.29, 0.717) is 32.3 Å². The van der Waals surface area contributed by atoms with Crippen LogP contribution < -0.4 is 4.74 Å². The Morgan fingerprint density at radius 1 is 1.27 bits per heavy atom. The highest BCUT2D eigenvalue weighted by Crippen LogP contribution is 2.32. The quantitative estimate of drug-likeness (QED) is 0.196. The molecule has 0 saturated carbocycles. The number of hydrogen-bond donors (Lipinski definition) is 2. The molecule has 0 spiro atoms. The second-order valence-corrected chi connectivity index (χ2v) is 8.76. The number of aliphatic hydroxyl groups is 2. The molecule has 1 saturated heterocycles. The molecule has 2 rings (SSSR count). The smallest absolute Gasteiger partial charge is 0.343 e. The van der Waals surface area contributed by atoms with Crippen LogP contribution in [-0.2, 0) is 23.7 Å². The first-order chi connectivity index (χ1) is 15.4. The Labute approximate surface area is 209 Å². The maximum atomic E-state index is 10.8. The highest BCUT2D eigenvalue weighted by Gasteiger charge is 2.41. The minimum absolute atomic E-state index is 0.0384. The summed E-state index contributed by atoms with van der Waals surface area (Å²) in [6, 6.07) is 1.38. The van der Waals surface area contributed by atoms with Gasteiger partial charge in [-0.15, -0.1) is 0 Å². The molecule has 33 heavy (non-hydrogen) atoms. The van der Waals surface area contributed by atoms with Crippen LogP contribution in [0.15, 0.2) is 6.07 Å². The van der Waals surface area contributed by atoms with Crippen molar-refractivity contribution in [3.05, 3.63) is 21.3 Å². The number of methoxy groups -OCH3 is 1. The predicted molar refractivity (Wildman–Crippen MR) is 124 cm³/mol. The molecule has 190 valence electrons. The summed E-state index contributed by atoms with van der Waals surface area (Å²) < 4.78 is 25.7. The fourth-order valence-corrected chi connectivity index (χ4v) is 3.04. The third kappa shape index (κ3) is 10.5. The van der Waals surface area contributed by atoms with Crippen molar-refractivity contribution >= 4 is 40.8 Å². The van der Waals surface area contributed by atoms with Crippen molar-refractivity contribution in [3.8, 4) is 5.88 Å². The first-order valence-electron chi connectivity index (χ1n) is 10.5. The third-order valence-corrected chi connectivity index (χ3v) is 5.79. The van der Waals surface area contributed by atoms with Crippen LogP contribution in [0, 0.1) is 0 Å². The molecule has 1 fully saturated rings. The number of esters is 1. The van der Waals surface area contributed by atoms with E-state index in [-0.39, 0.29) is 33.8 Å².